The highest BCUT2D eigenvalue weighted by atomic mass is 32.2. The molecule has 0 fully saturated rings. The normalized spacial score (nSPS) is 13.1. The Labute approximate surface area is 210 Å². The van der Waals surface area contributed by atoms with Gasteiger partial charge in [-0.05, 0) is 48.0 Å². The van der Waals surface area contributed by atoms with Crippen LogP contribution in [-0.2, 0) is 38.1 Å². The summed E-state index contributed by atoms with van der Waals surface area (Å²) in [6.45, 7) is 0. The Kier molecular flexibility index (Phi) is 6.70. The van der Waals surface area contributed by atoms with Gasteiger partial charge in [0.15, 0.2) is 5.75 Å². The number of ether oxygens (including phenoxy) is 1. The van der Waals surface area contributed by atoms with Crippen LogP contribution in [0.15, 0.2) is 70.8 Å². The minimum Gasteiger partial charge on any atom is -0.456 e. The van der Waals surface area contributed by atoms with Crippen molar-refractivity contribution in [1.29, 1.82) is 0 Å². The van der Waals surface area contributed by atoms with Crippen LogP contribution < -0.4 is 4.74 Å². The van der Waals surface area contributed by atoms with Crippen LogP contribution in [0.4, 0.5) is 26.3 Å². The molecule has 38 heavy (non-hydrogen) atoms. The molecule has 0 radical (unpaired) electrons. The highest BCUT2D eigenvalue weighted by Gasteiger charge is 2.43. The van der Waals surface area contributed by atoms with E-state index in [9.17, 15) is 43.2 Å². The standard InChI is InChI=1S/C22H14F6N2O6S2/c23-21(24,25)16-7-12(11-37(31,32)33)8-17(22(26,27)28)20(16)36-13-1-2-18-15(9-13)19(10-30-18)38(34,35)14-3-5-29-6-4-14/h1-10,30H,11H2,(H,31,32,33). The monoisotopic (exact) mass is 580 g/mol. The molecule has 0 saturated heterocycles. The van der Waals surface area contributed by atoms with E-state index in [1.165, 1.54) is 30.6 Å². The lowest BCUT2D eigenvalue weighted by molar-refractivity contribution is -0.145. The van der Waals surface area contributed by atoms with Gasteiger partial charge in [-0.25, -0.2) is 8.42 Å². The second-order valence-electron chi connectivity index (χ2n) is 7.89. The van der Waals surface area contributed by atoms with Crippen molar-refractivity contribution in [2.75, 3.05) is 0 Å². The zero-order valence-electron chi connectivity index (χ0n) is 18.5. The summed E-state index contributed by atoms with van der Waals surface area (Å²) in [6, 6.07) is 5.81. The first-order valence-electron chi connectivity index (χ1n) is 10.2. The summed E-state index contributed by atoms with van der Waals surface area (Å²) in [6.07, 6.45) is -7.31. The molecule has 16 heteroatoms. The van der Waals surface area contributed by atoms with Gasteiger partial charge in [0.05, 0.1) is 20.9 Å². The lowest BCUT2D eigenvalue weighted by Gasteiger charge is -2.20. The van der Waals surface area contributed by atoms with Gasteiger partial charge in [0.25, 0.3) is 10.1 Å². The molecular weight excluding hydrogens is 566 g/mol. The van der Waals surface area contributed by atoms with Crippen molar-refractivity contribution < 1.29 is 52.5 Å². The first kappa shape index (κ1) is 27.4. The smallest absolute Gasteiger partial charge is 0.420 e. The number of benzene rings is 2. The molecule has 2 aromatic heterocycles. The first-order chi connectivity index (χ1) is 17.5. The molecule has 0 saturated carbocycles. The third kappa shape index (κ3) is 5.61. The number of fused-ring (bicyclic) bond motifs is 1. The number of aromatic amines is 1. The molecule has 0 aliphatic rings. The predicted octanol–water partition coefficient (Wildman–Crippen LogP) is 5.61. The second-order valence-corrected chi connectivity index (χ2v) is 11.3. The van der Waals surface area contributed by atoms with Gasteiger partial charge in [0, 0.05) is 29.5 Å². The zero-order chi connectivity index (χ0) is 28.1. The van der Waals surface area contributed by atoms with E-state index in [1.807, 2.05) is 0 Å². The molecule has 0 aliphatic heterocycles. The van der Waals surface area contributed by atoms with Gasteiger partial charge in [0.2, 0.25) is 9.84 Å². The van der Waals surface area contributed by atoms with E-state index in [0.717, 1.165) is 18.3 Å². The van der Waals surface area contributed by atoms with Crippen molar-refractivity contribution in [3.05, 3.63) is 77.7 Å². The van der Waals surface area contributed by atoms with Gasteiger partial charge in [-0.1, -0.05) is 0 Å². The van der Waals surface area contributed by atoms with E-state index in [1.54, 1.807) is 0 Å². The topological polar surface area (TPSA) is 126 Å². The highest BCUT2D eigenvalue weighted by Crippen LogP contribution is 2.47. The number of halogens is 6. The van der Waals surface area contributed by atoms with Gasteiger partial charge in [-0.2, -0.15) is 34.8 Å². The van der Waals surface area contributed by atoms with Crippen molar-refractivity contribution >= 4 is 30.9 Å². The van der Waals surface area contributed by atoms with Gasteiger partial charge < -0.3 is 9.72 Å². The Morgan fingerprint density at radius 3 is 1.97 bits per heavy atom. The van der Waals surface area contributed by atoms with E-state index in [4.69, 9.17) is 9.29 Å². The molecule has 0 unspecified atom stereocenters. The quantitative estimate of drug-likeness (QED) is 0.224. The lowest BCUT2D eigenvalue weighted by Crippen LogP contribution is -2.16. The van der Waals surface area contributed by atoms with Crippen molar-refractivity contribution in [3.63, 3.8) is 0 Å². The van der Waals surface area contributed by atoms with Crippen molar-refractivity contribution in [2.45, 2.75) is 27.9 Å². The van der Waals surface area contributed by atoms with E-state index in [0.29, 0.717) is 0 Å². The molecule has 8 nitrogen and oxygen atoms in total. The third-order valence-corrected chi connectivity index (χ3v) is 7.70. The number of sulfone groups is 1. The number of hydrogen-bond acceptors (Lipinski definition) is 6. The number of aromatic nitrogens is 2. The summed E-state index contributed by atoms with van der Waals surface area (Å²) < 4.78 is 145. The highest BCUT2D eigenvalue weighted by molar-refractivity contribution is 7.91. The van der Waals surface area contributed by atoms with Gasteiger partial charge in [-0.15, -0.1) is 0 Å². The van der Waals surface area contributed by atoms with Crippen LogP contribution in [0.3, 0.4) is 0 Å². The van der Waals surface area contributed by atoms with Crippen LogP contribution in [0, 0.1) is 0 Å². The Balaban J connectivity index is 1.89. The van der Waals surface area contributed by atoms with E-state index in [2.05, 4.69) is 9.97 Å². The number of nitrogens with zero attached hydrogens (tertiary/aromatic N) is 1. The van der Waals surface area contributed by atoms with Crippen LogP contribution in [-0.4, -0.2) is 31.4 Å². The molecule has 0 amide bonds. The average Bonchev–Trinajstić information content (AvgIpc) is 3.22. The molecule has 202 valence electrons. The molecule has 0 aliphatic carbocycles. The summed E-state index contributed by atoms with van der Waals surface area (Å²) in [5.74, 6) is -3.76. The van der Waals surface area contributed by atoms with Crippen LogP contribution in [0.5, 0.6) is 11.5 Å². The maximum Gasteiger partial charge on any atom is 0.420 e. The molecular formula is C22H14F6N2O6S2. The van der Waals surface area contributed by atoms with E-state index < -0.39 is 66.3 Å². The fraction of sp³-hybridized carbons (Fsp3) is 0.136. The molecule has 0 atom stereocenters. The summed E-state index contributed by atoms with van der Waals surface area (Å²) in [7, 11) is -9.14. The molecule has 2 N–H and O–H groups in total. The van der Waals surface area contributed by atoms with Crippen LogP contribution in [0.1, 0.15) is 16.7 Å². The van der Waals surface area contributed by atoms with E-state index in [-0.39, 0.29) is 32.8 Å². The van der Waals surface area contributed by atoms with Crippen LogP contribution in [0.2, 0.25) is 0 Å². The van der Waals surface area contributed by atoms with Gasteiger partial charge in [-0.3, -0.25) is 9.54 Å². The van der Waals surface area contributed by atoms with Crippen molar-refractivity contribution in [1.82, 2.24) is 9.97 Å². The second kappa shape index (κ2) is 9.28. The summed E-state index contributed by atoms with van der Waals surface area (Å²) in [5, 5.41) is -0.0792. The molecule has 0 bridgehead atoms. The van der Waals surface area contributed by atoms with Crippen LogP contribution >= 0.6 is 0 Å². The van der Waals surface area contributed by atoms with Crippen LogP contribution in [0.25, 0.3) is 10.9 Å². The Hall–Kier alpha value is -3.63. The summed E-state index contributed by atoms with van der Waals surface area (Å²) in [5.41, 5.74) is -4.69. The SMILES string of the molecule is O=S(=O)(O)Cc1cc(C(F)(F)F)c(Oc2ccc3[nH]cc(S(=O)(=O)c4ccncc4)c3c2)c(C(F)(F)F)c1. The van der Waals surface area contributed by atoms with Crippen molar-refractivity contribution in [2.24, 2.45) is 0 Å². The first-order valence-corrected chi connectivity index (χ1v) is 13.3. The van der Waals surface area contributed by atoms with E-state index >= 15 is 0 Å². The summed E-state index contributed by atoms with van der Waals surface area (Å²) >= 11 is 0. The van der Waals surface area contributed by atoms with Crippen molar-refractivity contribution in [3.8, 4) is 11.5 Å². The predicted molar refractivity (Wildman–Crippen MR) is 120 cm³/mol. The lowest BCUT2D eigenvalue weighted by atomic mass is 10.0. The number of H-pyrrole nitrogens is 1. The van der Waals surface area contributed by atoms with Gasteiger partial charge >= 0.3 is 12.4 Å². The molecule has 4 aromatic rings. The third-order valence-electron chi connectivity index (χ3n) is 5.19. The largest absolute Gasteiger partial charge is 0.456 e. The molecule has 2 heterocycles. The minimum absolute atomic E-state index is 0.0792. The Bertz CT molecular complexity index is 1700. The number of rotatable bonds is 6. The fourth-order valence-electron chi connectivity index (χ4n) is 3.64. The molecule has 2 aromatic carbocycles. The molecule has 0 spiro atoms. The maximum absolute atomic E-state index is 13.8. The number of pyridine rings is 1. The average molecular weight is 580 g/mol. The Morgan fingerprint density at radius 1 is 0.868 bits per heavy atom. The fourth-order valence-corrected chi connectivity index (χ4v) is 5.63. The number of hydrogen-bond donors (Lipinski definition) is 2. The molecule has 4 rings (SSSR count). The maximum atomic E-state index is 13.8. The minimum atomic E-state index is -5.43. The Morgan fingerprint density at radius 2 is 1.45 bits per heavy atom. The number of alkyl halides is 6. The summed E-state index contributed by atoms with van der Waals surface area (Å²) in [4.78, 5) is 5.91. The zero-order valence-corrected chi connectivity index (χ0v) is 20.1. The van der Waals surface area contributed by atoms with Gasteiger partial charge in [0.1, 0.15) is 11.5 Å². The number of nitrogens with one attached hydrogen (secondary N) is 1.